The van der Waals surface area contributed by atoms with Gasteiger partial charge in [-0.3, -0.25) is 9.69 Å². The minimum Gasteiger partial charge on any atom is -0.383 e. The van der Waals surface area contributed by atoms with Crippen LogP contribution in [0, 0.1) is 5.92 Å². The lowest BCUT2D eigenvalue weighted by molar-refractivity contribution is -0.125. The number of likely N-dealkylation sites (N-methyl/N-ethyl adjacent to an activating group) is 1. The normalized spacial score (nSPS) is 27.6. The van der Waals surface area contributed by atoms with Gasteiger partial charge in [-0.25, -0.2) is 0 Å². The first-order valence-corrected chi connectivity index (χ1v) is 8.20. The van der Waals surface area contributed by atoms with Crippen molar-refractivity contribution < 1.29 is 9.53 Å². The number of amides is 1. The standard InChI is InChI=1S/C16H33N3O2/c1-5-19(10-15(20)18-14(3)11-21-4)16(12-17)8-6-13(2)7-9-16/h13-14H,5-12,17H2,1-4H3,(H,18,20). The molecule has 1 unspecified atom stereocenters. The van der Waals surface area contributed by atoms with E-state index in [1.165, 1.54) is 12.8 Å². The summed E-state index contributed by atoms with van der Waals surface area (Å²) in [4.78, 5) is 14.5. The molecule has 3 N–H and O–H groups in total. The summed E-state index contributed by atoms with van der Waals surface area (Å²) in [5.74, 6) is 0.840. The molecule has 124 valence electrons. The number of hydrogen-bond acceptors (Lipinski definition) is 4. The van der Waals surface area contributed by atoms with Crippen LogP contribution in [-0.2, 0) is 9.53 Å². The number of carbonyl (C=O) groups excluding carboxylic acids is 1. The Morgan fingerprint density at radius 3 is 2.57 bits per heavy atom. The zero-order chi connectivity index (χ0) is 15.9. The van der Waals surface area contributed by atoms with Gasteiger partial charge >= 0.3 is 0 Å². The smallest absolute Gasteiger partial charge is 0.234 e. The number of nitrogens with two attached hydrogens (primary N) is 1. The second-order valence-corrected chi connectivity index (χ2v) is 6.55. The van der Waals surface area contributed by atoms with Crippen LogP contribution < -0.4 is 11.1 Å². The predicted molar refractivity (Wildman–Crippen MR) is 86.1 cm³/mol. The monoisotopic (exact) mass is 299 g/mol. The number of ether oxygens (including phenoxy) is 1. The summed E-state index contributed by atoms with van der Waals surface area (Å²) in [6, 6.07) is 0.0430. The Kier molecular flexibility index (Phi) is 7.63. The summed E-state index contributed by atoms with van der Waals surface area (Å²) >= 11 is 0. The van der Waals surface area contributed by atoms with Crippen LogP contribution >= 0.6 is 0 Å². The van der Waals surface area contributed by atoms with Gasteiger partial charge in [-0.2, -0.15) is 0 Å². The first-order valence-electron chi connectivity index (χ1n) is 8.20. The number of nitrogens with one attached hydrogen (secondary N) is 1. The average molecular weight is 299 g/mol. The van der Waals surface area contributed by atoms with Crippen LogP contribution in [0.4, 0.5) is 0 Å². The van der Waals surface area contributed by atoms with E-state index < -0.39 is 0 Å². The fraction of sp³-hybridized carbons (Fsp3) is 0.938. The van der Waals surface area contributed by atoms with E-state index in [9.17, 15) is 4.79 Å². The number of nitrogens with zero attached hydrogens (tertiary/aromatic N) is 1. The van der Waals surface area contributed by atoms with Crippen molar-refractivity contribution in [2.24, 2.45) is 11.7 Å². The Hall–Kier alpha value is -0.650. The Morgan fingerprint density at radius 2 is 2.10 bits per heavy atom. The Bertz CT molecular complexity index is 315. The van der Waals surface area contributed by atoms with Crippen molar-refractivity contribution >= 4 is 5.91 Å². The van der Waals surface area contributed by atoms with Gasteiger partial charge in [-0.1, -0.05) is 13.8 Å². The lowest BCUT2D eigenvalue weighted by Gasteiger charge is -2.46. The number of rotatable bonds is 8. The molecule has 0 bridgehead atoms. The van der Waals surface area contributed by atoms with E-state index >= 15 is 0 Å². The molecule has 0 aromatic carbocycles. The summed E-state index contributed by atoms with van der Waals surface area (Å²) in [7, 11) is 1.65. The molecule has 21 heavy (non-hydrogen) atoms. The van der Waals surface area contributed by atoms with Crippen molar-refractivity contribution in [3.8, 4) is 0 Å². The molecule has 1 atom stereocenters. The lowest BCUT2D eigenvalue weighted by atomic mass is 9.76. The highest BCUT2D eigenvalue weighted by Crippen LogP contribution is 2.35. The van der Waals surface area contributed by atoms with Crippen molar-refractivity contribution in [1.29, 1.82) is 0 Å². The number of hydrogen-bond donors (Lipinski definition) is 2. The number of carbonyl (C=O) groups is 1. The summed E-state index contributed by atoms with van der Waals surface area (Å²) < 4.78 is 5.06. The van der Waals surface area contributed by atoms with Crippen molar-refractivity contribution in [3.05, 3.63) is 0 Å². The molecule has 0 aliphatic heterocycles. The van der Waals surface area contributed by atoms with Crippen LogP contribution in [0.5, 0.6) is 0 Å². The molecule has 1 aliphatic carbocycles. The third-order valence-electron chi connectivity index (χ3n) is 4.80. The molecule has 0 spiro atoms. The van der Waals surface area contributed by atoms with Crippen LogP contribution in [0.1, 0.15) is 46.5 Å². The van der Waals surface area contributed by atoms with Crippen LogP contribution in [0.25, 0.3) is 0 Å². The van der Waals surface area contributed by atoms with E-state index in [0.717, 1.165) is 25.3 Å². The van der Waals surface area contributed by atoms with Gasteiger partial charge in [0.2, 0.25) is 5.91 Å². The zero-order valence-electron chi connectivity index (χ0n) is 14.2. The van der Waals surface area contributed by atoms with E-state index in [1.54, 1.807) is 7.11 Å². The molecule has 1 fully saturated rings. The molecule has 1 aliphatic rings. The van der Waals surface area contributed by atoms with Crippen molar-refractivity contribution in [2.45, 2.75) is 58.0 Å². The molecule has 1 saturated carbocycles. The Labute approximate surface area is 129 Å². The molecular weight excluding hydrogens is 266 g/mol. The average Bonchev–Trinajstić information content (AvgIpc) is 2.46. The maximum absolute atomic E-state index is 12.2. The SMILES string of the molecule is CCN(CC(=O)NC(C)COC)C1(CN)CCC(C)CC1. The van der Waals surface area contributed by atoms with Crippen molar-refractivity contribution in [1.82, 2.24) is 10.2 Å². The third-order valence-corrected chi connectivity index (χ3v) is 4.80. The van der Waals surface area contributed by atoms with Gasteiger partial charge in [0.15, 0.2) is 0 Å². The molecule has 1 amide bonds. The van der Waals surface area contributed by atoms with E-state index in [1.807, 2.05) is 6.92 Å². The molecule has 0 aromatic rings. The number of methoxy groups -OCH3 is 1. The van der Waals surface area contributed by atoms with Gasteiger partial charge in [0, 0.05) is 25.2 Å². The highest BCUT2D eigenvalue weighted by Gasteiger charge is 2.38. The van der Waals surface area contributed by atoms with E-state index in [2.05, 4.69) is 24.1 Å². The molecule has 0 saturated heterocycles. The Morgan fingerprint density at radius 1 is 1.48 bits per heavy atom. The molecule has 0 radical (unpaired) electrons. The van der Waals surface area contributed by atoms with Gasteiger partial charge in [-0.05, 0) is 45.1 Å². The molecule has 1 rings (SSSR count). The quantitative estimate of drug-likeness (QED) is 0.710. The largest absolute Gasteiger partial charge is 0.383 e. The third kappa shape index (κ3) is 5.24. The van der Waals surface area contributed by atoms with E-state index in [0.29, 0.717) is 19.7 Å². The fourth-order valence-corrected chi connectivity index (χ4v) is 3.35. The topological polar surface area (TPSA) is 67.6 Å². The van der Waals surface area contributed by atoms with Gasteiger partial charge in [0.25, 0.3) is 0 Å². The second kappa shape index (κ2) is 8.71. The lowest BCUT2D eigenvalue weighted by Crippen LogP contribution is -2.58. The Balaban J connectivity index is 2.61. The summed E-state index contributed by atoms with van der Waals surface area (Å²) in [5.41, 5.74) is 6.09. The minimum absolute atomic E-state index is 0.00307. The minimum atomic E-state index is 0.00307. The first kappa shape index (κ1) is 18.4. The molecular formula is C16H33N3O2. The molecule has 0 aromatic heterocycles. The first-order chi connectivity index (χ1) is 9.97. The maximum Gasteiger partial charge on any atom is 0.234 e. The molecule has 0 heterocycles. The van der Waals surface area contributed by atoms with Crippen molar-refractivity contribution in [3.63, 3.8) is 0 Å². The van der Waals surface area contributed by atoms with Crippen molar-refractivity contribution in [2.75, 3.05) is 33.4 Å². The maximum atomic E-state index is 12.2. The summed E-state index contributed by atoms with van der Waals surface area (Å²) in [6.45, 7) is 8.83. The fourth-order valence-electron chi connectivity index (χ4n) is 3.35. The summed E-state index contributed by atoms with van der Waals surface area (Å²) in [5, 5.41) is 2.99. The highest BCUT2D eigenvalue weighted by molar-refractivity contribution is 5.78. The molecule has 5 nitrogen and oxygen atoms in total. The van der Waals surface area contributed by atoms with E-state index in [-0.39, 0.29) is 17.5 Å². The van der Waals surface area contributed by atoms with Crippen LogP contribution in [0.15, 0.2) is 0 Å². The summed E-state index contributed by atoms with van der Waals surface area (Å²) in [6.07, 6.45) is 4.60. The highest BCUT2D eigenvalue weighted by atomic mass is 16.5. The van der Waals surface area contributed by atoms with Crippen LogP contribution in [-0.4, -0.2) is 55.7 Å². The van der Waals surface area contributed by atoms with Gasteiger partial charge < -0.3 is 15.8 Å². The van der Waals surface area contributed by atoms with Gasteiger partial charge in [0.1, 0.15) is 0 Å². The zero-order valence-corrected chi connectivity index (χ0v) is 14.2. The van der Waals surface area contributed by atoms with E-state index in [4.69, 9.17) is 10.5 Å². The van der Waals surface area contributed by atoms with Crippen LogP contribution in [0.3, 0.4) is 0 Å². The molecule has 5 heteroatoms. The van der Waals surface area contributed by atoms with Gasteiger partial charge in [0.05, 0.1) is 13.2 Å². The second-order valence-electron chi connectivity index (χ2n) is 6.55. The van der Waals surface area contributed by atoms with Gasteiger partial charge in [-0.15, -0.1) is 0 Å². The van der Waals surface area contributed by atoms with Crippen LogP contribution in [0.2, 0.25) is 0 Å². The predicted octanol–water partition coefficient (Wildman–Crippen LogP) is 1.37.